The molecular weight excluding hydrogens is 225 g/mol. The molecule has 0 saturated carbocycles. The quantitative estimate of drug-likeness (QED) is 0.774. The van der Waals surface area contributed by atoms with Gasteiger partial charge in [-0.3, -0.25) is 0 Å². The highest BCUT2D eigenvalue weighted by atomic mass is 19.1. The molecule has 1 N–H and O–H groups in total. The minimum absolute atomic E-state index is 0.0380. The monoisotopic (exact) mass is 241 g/mol. The number of benzene rings is 1. The molecule has 0 aromatic heterocycles. The first-order valence-corrected chi connectivity index (χ1v) is 5.38. The van der Waals surface area contributed by atoms with Gasteiger partial charge in [-0.2, -0.15) is 0 Å². The molecule has 0 amide bonds. The summed E-state index contributed by atoms with van der Waals surface area (Å²) in [6, 6.07) is 3.73. The fraction of sp³-hybridized carbons (Fsp3) is 0.417. The molecule has 1 rings (SSSR count). The highest BCUT2D eigenvalue weighted by Crippen LogP contribution is 2.20. The van der Waals surface area contributed by atoms with Gasteiger partial charge in [-0.15, -0.1) is 0 Å². The van der Waals surface area contributed by atoms with Crippen molar-refractivity contribution in [2.45, 2.75) is 6.92 Å². The summed E-state index contributed by atoms with van der Waals surface area (Å²) in [5.41, 5.74) is 0.447. The highest BCUT2D eigenvalue weighted by Gasteiger charge is 2.14. The average Bonchev–Trinajstić information content (AvgIpc) is 2.29. The summed E-state index contributed by atoms with van der Waals surface area (Å²) in [5, 5.41) is 8.99. The van der Waals surface area contributed by atoms with Crippen LogP contribution in [0.5, 0.6) is 0 Å². The number of aromatic carboxylic acids is 1. The summed E-state index contributed by atoms with van der Waals surface area (Å²) in [6.07, 6.45) is 0. The molecule has 0 unspecified atom stereocenters. The van der Waals surface area contributed by atoms with Crippen molar-refractivity contribution in [2.75, 3.05) is 31.7 Å². The standard InChI is InChI=1S/C12H16FNO3/c1-3-17-7-6-14(2)11-5-4-9(13)8-10(11)12(15)16/h4-5,8H,3,6-7H2,1-2H3,(H,15,16). The van der Waals surface area contributed by atoms with E-state index in [2.05, 4.69) is 0 Å². The van der Waals surface area contributed by atoms with Crippen molar-refractivity contribution in [3.8, 4) is 0 Å². The van der Waals surface area contributed by atoms with E-state index in [-0.39, 0.29) is 5.56 Å². The predicted octanol–water partition coefficient (Wildman–Crippen LogP) is 2.00. The second kappa shape index (κ2) is 6.20. The third-order valence-electron chi connectivity index (χ3n) is 2.38. The number of anilines is 1. The summed E-state index contributed by atoms with van der Waals surface area (Å²) in [6.45, 7) is 3.56. The Morgan fingerprint density at radius 2 is 2.24 bits per heavy atom. The minimum atomic E-state index is -1.14. The van der Waals surface area contributed by atoms with Crippen LogP contribution >= 0.6 is 0 Å². The highest BCUT2D eigenvalue weighted by molar-refractivity contribution is 5.94. The number of rotatable bonds is 6. The summed E-state index contributed by atoms with van der Waals surface area (Å²) in [7, 11) is 1.75. The van der Waals surface area contributed by atoms with Gasteiger partial charge in [-0.25, -0.2) is 9.18 Å². The number of nitrogens with zero attached hydrogens (tertiary/aromatic N) is 1. The van der Waals surface area contributed by atoms with E-state index in [1.807, 2.05) is 6.92 Å². The third kappa shape index (κ3) is 3.71. The van der Waals surface area contributed by atoms with Crippen LogP contribution in [0, 0.1) is 5.82 Å². The van der Waals surface area contributed by atoms with E-state index >= 15 is 0 Å². The second-order valence-electron chi connectivity index (χ2n) is 3.59. The summed E-state index contributed by atoms with van der Waals surface area (Å²) in [5.74, 6) is -1.69. The largest absolute Gasteiger partial charge is 0.478 e. The third-order valence-corrected chi connectivity index (χ3v) is 2.38. The number of hydrogen-bond donors (Lipinski definition) is 1. The molecule has 5 heteroatoms. The van der Waals surface area contributed by atoms with Crippen molar-refractivity contribution >= 4 is 11.7 Å². The first-order valence-electron chi connectivity index (χ1n) is 5.38. The maximum absolute atomic E-state index is 13.0. The predicted molar refractivity (Wildman–Crippen MR) is 63.1 cm³/mol. The minimum Gasteiger partial charge on any atom is -0.478 e. The van der Waals surface area contributed by atoms with Crippen LogP contribution in [0.15, 0.2) is 18.2 Å². The lowest BCUT2D eigenvalue weighted by molar-refractivity contribution is 0.0697. The zero-order valence-corrected chi connectivity index (χ0v) is 9.94. The van der Waals surface area contributed by atoms with Crippen LogP contribution in [0.3, 0.4) is 0 Å². The number of carbonyl (C=O) groups is 1. The van der Waals surface area contributed by atoms with Gasteiger partial charge in [-0.1, -0.05) is 0 Å². The Balaban J connectivity index is 2.84. The van der Waals surface area contributed by atoms with Gasteiger partial charge in [0.2, 0.25) is 0 Å². The van der Waals surface area contributed by atoms with Crippen LogP contribution in [0.4, 0.5) is 10.1 Å². The van der Waals surface area contributed by atoms with E-state index in [0.29, 0.717) is 25.4 Å². The first-order chi connectivity index (χ1) is 8.06. The molecule has 0 aliphatic carbocycles. The van der Waals surface area contributed by atoms with Gasteiger partial charge in [-0.05, 0) is 25.1 Å². The molecule has 4 nitrogen and oxygen atoms in total. The van der Waals surface area contributed by atoms with E-state index < -0.39 is 11.8 Å². The van der Waals surface area contributed by atoms with Crippen molar-refractivity contribution in [3.63, 3.8) is 0 Å². The maximum atomic E-state index is 13.0. The zero-order valence-electron chi connectivity index (χ0n) is 9.94. The topological polar surface area (TPSA) is 49.8 Å². The Hall–Kier alpha value is -1.62. The molecule has 0 aliphatic heterocycles. The van der Waals surface area contributed by atoms with Crippen LogP contribution in [0.1, 0.15) is 17.3 Å². The van der Waals surface area contributed by atoms with Gasteiger partial charge in [0.1, 0.15) is 5.82 Å². The number of halogens is 1. The molecule has 0 aliphatic rings. The Morgan fingerprint density at radius 3 is 2.82 bits per heavy atom. The number of hydrogen-bond acceptors (Lipinski definition) is 3. The molecule has 0 bridgehead atoms. The zero-order chi connectivity index (χ0) is 12.8. The number of likely N-dealkylation sites (N-methyl/N-ethyl adjacent to an activating group) is 1. The normalized spacial score (nSPS) is 10.3. The molecule has 1 aromatic carbocycles. The van der Waals surface area contributed by atoms with E-state index in [0.717, 1.165) is 6.07 Å². The van der Waals surface area contributed by atoms with Crippen molar-refractivity contribution in [1.82, 2.24) is 0 Å². The van der Waals surface area contributed by atoms with Gasteiger partial charge in [0.05, 0.1) is 17.9 Å². The number of carboxylic acid groups (broad SMARTS) is 1. The van der Waals surface area contributed by atoms with Crippen LogP contribution < -0.4 is 4.90 Å². The van der Waals surface area contributed by atoms with E-state index in [1.165, 1.54) is 12.1 Å². The molecule has 0 heterocycles. The maximum Gasteiger partial charge on any atom is 0.337 e. The lowest BCUT2D eigenvalue weighted by Crippen LogP contribution is -2.24. The number of ether oxygens (including phenoxy) is 1. The van der Waals surface area contributed by atoms with Gasteiger partial charge in [0.25, 0.3) is 0 Å². The van der Waals surface area contributed by atoms with Crippen molar-refractivity contribution < 1.29 is 19.0 Å². The molecular formula is C12H16FNO3. The average molecular weight is 241 g/mol. The number of carboxylic acids is 1. The molecule has 0 fully saturated rings. The Labute approximate surface area is 99.6 Å². The summed E-state index contributed by atoms with van der Waals surface area (Å²) >= 11 is 0. The van der Waals surface area contributed by atoms with Crippen LogP contribution in [0.25, 0.3) is 0 Å². The molecule has 0 spiro atoms. The SMILES string of the molecule is CCOCCN(C)c1ccc(F)cc1C(=O)O. The molecule has 0 radical (unpaired) electrons. The fourth-order valence-electron chi connectivity index (χ4n) is 1.48. The van der Waals surface area contributed by atoms with E-state index in [1.54, 1.807) is 11.9 Å². The second-order valence-corrected chi connectivity index (χ2v) is 3.59. The van der Waals surface area contributed by atoms with Gasteiger partial charge in [0, 0.05) is 20.2 Å². The van der Waals surface area contributed by atoms with Gasteiger partial charge >= 0.3 is 5.97 Å². The Bertz CT molecular complexity index is 395. The van der Waals surface area contributed by atoms with E-state index in [4.69, 9.17) is 9.84 Å². The lowest BCUT2D eigenvalue weighted by atomic mass is 10.1. The summed E-state index contributed by atoms with van der Waals surface area (Å²) < 4.78 is 18.2. The fourth-order valence-corrected chi connectivity index (χ4v) is 1.48. The first kappa shape index (κ1) is 13.4. The molecule has 0 saturated heterocycles. The van der Waals surface area contributed by atoms with Gasteiger partial charge < -0.3 is 14.7 Å². The van der Waals surface area contributed by atoms with E-state index in [9.17, 15) is 9.18 Å². The Morgan fingerprint density at radius 1 is 1.53 bits per heavy atom. The van der Waals surface area contributed by atoms with Crippen molar-refractivity contribution in [1.29, 1.82) is 0 Å². The molecule has 94 valence electrons. The van der Waals surface area contributed by atoms with Crippen molar-refractivity contribution in [3.05, 3.63) is 29.6 Å². The molecule has 0 atom stereocenters. The molecule has 17 heavy (non-hydrogen) atoms. The van der Waals surface area contributed by atoms with Crippen LogP contribution in [0.2, 0.25) is 0 Å². The Kier molecular flexibility index (Phi) is 4.90. The van der Waals surface area contributed by atoms with Gasteiger partial charge in [0.15, 0.2) is 0 Å². The lowest BCUT2D eigenvalue weighted by Gasteiger charge is -2.21. The van der Waals surface area contributed by atoms with Crippen LogP contribution in [-0.2, 0) is 4.74 Å². The summed E-state index contributed by atoms with van der Waals surface area (Å²) in [4.78, 5) is 12.7. The smallest absolute Gasteiger partial charge is 0.337 e. The van der Waals surface area contributed by atoms with Crippen molar-refractivity contribution in [2.24, 2.45) is 0 Å². The van der Waals surface area contributed by atoms with Crippen LogP contribution in [-0.4, -0.2) is 37.9 Å². The molecule has 1 aromatic rings.